The summed E-state index contributed by atoms with van der Waals surface area (Å²) >= 11 is 0. The van der Waals surface area contributed by atoms with Crippen molar-refractivity contribution in [2.45, 2.75) is 45.1 Å². The summed E-state index contributed by atoms with van der Waals surface area (Å²) in [7, 11) is 0. The molecule has 7 nitrogen and oxygen atoms in total. The van der Waals surface area contributed by atoms with Gasteiger partial charge < -0.3 is 20.1 Å². The molecular formula is C26H30N2O5. The van der Waals surface area contributed by atoms with Crippen molar-refractivity contribution in [1.29, 1.82) is 0 Å². The molecule has 0 spiro atoms. The summed E-state index contributed by atoms with van der Waals surface area (Å²) in [5.41, 5.74) is 3.84. The van der Waals surface area contributed by atoms with Crippen molar-refractivity contribution < 1.29 is 24.2 Å². The van der Waals surface area contributed by atoms with E-state index in [9.17, 15) is 19.5 Å². The molecule has 0 atom stereocenters. The molecule has 33 heavy (non-hydrogen) atoms. The first-order chi connectivity index (χ1) is 15.8. The Morgan fingerprint density at radius 2 is 1.64 bits per heavy atom. The number of nitrogens with one attached hydrogen (secondary N) is 1. The summed E-state index contributed by atoms with van der Waals surface area (Å²) in [6, 6.07) is 16.0. The summed E-state index contributed by atoms with van der Waals surface area (Å²) in [5, 5.41) is 12.0. The number of carboxylic acids is 1. The van der Waals surface area contributed by atoms with E-state index in [2.05, 4.69) is 29.6 Å². The highest BCUT2D eigenvalue weighted by molar-refractivity contribution is 5.87. The molecule has 0 saturated heterocycles. The third kappa shape index (κ3) is 4.45. The Morgan fingerprint density at radius 1 is 1.06 bits per heavy atom. The Labute approximate surface area is 193 Å². The first kappa shape index (κ1) is 22.8. The first-order valence-electron chi connectivity index (χ1n) is 11.4. The van der Waals surface area contributed by atoms with Crippen LogP contribution in [0.1, 0.15) is 50.2 Å². The largest absolute Gasteiger partial charge is 0.480 e. The van der Waals surface area contributed by atoms with Crippen LogP contribution in [-0.4, -0.2) is 53.7 Å². The average Bonchev–Trinajstić information content (AvgIpc) is 3.08. The second-order valence-corrected chi connectivity index (χ2v) is 9.23. The summed E-state index contributed by atoms with van der Waals surface area (Å²) in [6.45, 7) is 3.60. The molecule has 2 aliphatic carbocycles. The maximum Gasteiger partial charge on any atom is 0.407 e. The quantitative estimate of drug-likeness (QED) is 0.633. The van der Waals surface area contributed by atoms with Crippen molar-refractivity contribution in [1.82, 2.24) is 10.2 Å². The van der Waals surface area contributed by atoms with Crippen LogP contribution >= 0.6 is 0 Å². The van der Waals surface area contributed by atoms with Gasteiger partial charge in [-0.1, -0.05) is 55.0 Å². The van der Waals surface area contributed by atoms with Crippen LogP contribution in [0.4, 0.5) is 4.79 Å². The summed E-state index contributed by atoms with van der Waals surface area (Å²) in [4.78, 5) is 38.3. The molecule has 2 aliphatic rings. The van der Waals surface area contributed by atoms with Crippen molar-refractivity contribution in [2.75, 3.05) is 19.7 Å². The van der Waals surface area contributed by atoms with Gasteiger partial charge in [0, 0.05) is 18.5 Å². The molecule has 2 aromatic carbocycles. The Bertz CT molecular complexity index is 1010. The second kappa shape index (κ2) is 9.25. The van der Waals surface area contributed by atoms with Crippen molar-refractivity contribution in [2.24, 2.45) is 5.41 Å². The third-order valence-electron chi connectivity index (χ3n) is 6.87. The zero-order chi connectivity index (χ0) is 23.6. The zero-order valence-electron chi connectivity index (χ0n) is 19.0. The Balaban J connectivity index is 1.39. The van der Waals surface area contributed by atoms with E-state index in [-0.39, 0.29) is 37.6 Å². The van der Waals surface area contributed by atoms with Gasteiger partial charge in [-0.3, -0.25) is 9.59 Å². The first-order valence-corrected chi connectivity index (χ1v) is 11.4. The lowest BCUT2D eigenvalue weighted by Gasteiger charge is -2.44. The van der Waals surface area contributed by atoms with Crippen LogP contribution in [0.15, 0.2) is 48.5 Å². The monoisotopic (exact) mass is 450 g/mol. The number of alkyl carbamates (subject to hydrolysis) is 1. The van der Waals surface area contributed by atoms with Gasteiger partial charge in [0.25, 0.3) is 0 Å². The Kier molecular flexibility index (Phi) is 6.40. The number of aliphatic carboxylic acids is 1. The van der Waals surface area contributed by atoms with Crippen LogP contribution in [0.5, 0.6) is 0 Å². The van der Waals surface area contributed by atoms with Gasteiger partial charge in [0.05, 0.1) is 5.41 Å². The summed E-state index contributed by atoms with van der Waals surface area (Å²) < 4.78 is 5.59. The molecule has 174 valence electrons. The van der Waals surface area contributed by atoms with Gasteiger partial charge in [0.15, 0.2) is 0 Å². The highest BCUT2D eigenvalue weighted by atomic mass is 16.5. The summed E-state index contributed by atoms with van der Waals surface area (Å²) in [6.07, 6.45) is 1.55. The number of hydrogen-bond donors (Lipinski definition) is 2. The smallest absolute Gasteiger partial charge is 0.407 e. The number of fused-ring (bicyclic) bond motifs is 3. The van der Waals surface area contributed by atoms with Gasteiger partial charge in [-0.25, -0.2) is 4.79 Å². The number of carbonyl (C=O) groups is 3. The lowest BCUT2D eigenvalue weighted by molar-refractivity contribution is -0.155. The molecular weight excluding hydrogens is 420 g/mol. The van der Waals surface area contributed by atoms with Gasteiger partial charge in [-0.15, -0.1) is 0 Å². The van der Waals surface area contributed by atoms with Gasteiger partial charge in [0.2, 0.25) is 5.91 Å². The number of carbonyl (C=O) groups excluding carboxylic acids is 2. The van der Waals surface area contributed by atoms with Gasteiger partial charge in [-0.2, -0.15) is 0 Å². The molecule has 0 aliphatic heterocycles. The standard InChI is InChI=1S/C26H30N2O5/c1-17(2)28(14-23(29)30)24(31)26(12-7-13-26)16-27-25(32)33-15-22-20-10-5-3-8-18(20)19-9-4-6-11-21(19)22/h3-6,8-11,17,22H,7,12-16H2,1-2H3,(H,27,32)(H,29,30). The lowest BCUT2D eigenvalue weighted by atomic mass is 9.67. The Hall–Kier alpha value is -3.35. The van der Waals surface area contributed by atoms with E-state index in [0.29, 0.717) is 12.8 Å². The molecule has 7 heteroatoms. The average molecular weight is 451 g/mol. The fourth-order valence-corrected chi connectivity index (χ4v) is 4.90. The van der Waals surface area contributed by atoms with Crippen LogP contribution in [-0.2, 0) is 14.3 Å². The van der Waals surface area contributed by atoms with E-state index in [1.54, 1.807) is 13.8 Å². The van der Waals surface area contributed by atoms with Crippen LogP contribution in [0.3, 0.4) is 0 Å². The van der Waals surface area contributed by atoms with E-state index in [0.717, 1.165) is 28.7 Å². The van der Waals surface area contributed by atoms with Gasteiger partial charge in [-0.05, 0) is 48.9 Å². The normalized spacial score (nSPS) is 15.8. The van der Waals surface area contributed by atoms with E-state index >= 15 is 0 Å². The number of ether oxygens (including phenoxy) is 1. The van der Waals surface area contributed by atoms with E-state index < -0.39 is 17.5 Å². The third-order valence-corrected chi connectivity index (χ3v) is 6.87. The number of nitrogens with zero attached hydrogens (tertiary/aromatic N) is 1. The number of hydrogen-bond acceptors (Lipinski definition) is 4. The molecule has 0 heterocycles. The van der Waals surface area contributed by atoms with E-state index in [1.165, 1.54) is 4.90 Å². The number of rotatable bonds is 8. The van der Waals surface area contributed by atoms with Crippen molar-refractivity contribution in [3.8, 4) is 11.1 Å². The second-order valence-electron chi connectivity index (χ2n) is 9.23. The molecule has 4 rings (SSSR count). The van der Waals surface area contributed by atoms with Gasteiger partial charge >= 0.3 is 12.1 Å². The molecule has 1 fully saturated rings. The van der Waals surface area contributed by atoms with Gasteiger partial charge in [0.1, 0.15) is 13.2 Å². The van der Waals surface area contributed by atoms with Crippen LogP contribution in [0.2, 0.25) is 0 Å². The SMILES string of the molecule is CC(C)N(CC(=O)O)C(=O)C1(CNC(=O)OCC2c3ccccc3-c3ccccc32)CCC1. The molecule has 0 unspecified atom stereocenters. The minimum atomic E-state index is -1.05. The predicted molar refractivity (Wildman–Crippen MR) is 124 cm³/mol. The van der Waals surface area contributed by atoms with Crippen molar-refractivity contribution in [3.05, 3.63) is 59.7 Å². The van der Waals surface area contributed by atoms with E-state index in [1.807, 2.05) is 24.3 Å². The minimum absolute atomic E-state index is 0.0329. The molecule has 0 radical (unpaired) electrons. The lowest BCUT2D eigenvalue weighted by Crippen LogP contribution is -2.56. The molecule has 0 aromatic heterocycles. The fraction of sp³-hybridized carbons (Fsp3) is 0.423. The highest BCUT2D eigenvalue weighted by Gasteiger charge is 2.47. The van der Waals surface area contributed by atoms with Crippen molar-refractivity contribution in [3.63, 3.8) is 0 Å². The predicted octanol–water partition coefficient (Wildman–Crippen LogP) is 4.02. The highest BCUT2D eigenvalue weighted by Crippen LogP contribution is 2.45. The van der Waals surface area contributed by atoms with Crippen LogP contribution in [0.25, 0.3) is 11.1 Å². The minimum Gasteiger partial charge on any atom is -0.480 e. The maximum atomic E-state index is 13.1. The fourth-order valence-electron chi connectivity index (χ4n) is 4.90. The molecule has 0 bridgehead atoms. The topological polar surface area (TPSA) is 95.9 Å². The number of carboxylic acid groups (broad SMARTS) is 1. The van der Waals surface area contributed by atoms with Crippen molar-refractivity contribution >= 4 is 18.0 Å². The molecule has 1 saturated carbocycles. The number of amides is 2. The zero-order valence-corrected chi connectivity index (χ0v) is 19.0. The number of benzene rings is 2. The van der Waals surface area contributed by atoms with E-state index in [4.69, 9.17) is 4.74 Å². The molecule has 2 amide bonds. The Morgan fingerprint density at radius 3 is 2.12 bits per heavy atom. The maximum absolute atomic E-state index is 13.1. The molecule has 2 aromatic rings. The summed E-state index contributed by atoms with van der Waals surface area (Å²) in [5.74, 6) is -1.30. The van der Waals surface area contributed by atoms with Crippen LogP contribution < -0.4 is 5.32 Å². The van der Waals surface area contributed by atoms with Crippen LogP contribution in [0, 0.1) is 5.41 Å². The molecule has 2 N–H and O–H groups in total.